The van der Waals surface area contributed by atoms with E-state index >= 15 is 0 Å². The molecule has 0 amide bonds. The van der Waals surface area contributed by atoms with Crippen molar-refractivity contribution in [1.82, 2.24) is 10.2 Å². The van der Waals surface area contributed by atoms with E-state index in [9.17, 15) is 4.79 Å². The van der Waals surface area contributed by atoms with Crippen molar-refractivity contribution in [3.05, 3.63) is 39.1 Å². The van der Waals surface area contributed by atoms with Crippen molar-refractivity contribution in [3.8, 4) is 5.75 Å². The summed E-state index contributed by atoms with van der Waals surface area (Å²) in [6, 6.07) is 4.94. The van der Waals surface area contributed by atoms with Crippen LogP contribution in [0.25, 0.3) is 0 Å². The van der Waals surface area contributed by atoms with Crippen molar-refractivity contribution >= 4 is 28.6 Å². The molecule has 0 aliphatic carbocycles. The summed E-state index contributed by atoms with van der Waals surface area (Å²) in [6.07, 6.45) is 0. The third-order valence-electron chi connectivity index (χ3n) is 2.63. The first-order valence-corrected chi connectivity index (χ1v) is 7.34. The van der Waals surface area contributed by atoms with Crippen LogP contribution in [0.3, 0.4) is 0 Å². The van der Waals surface area contributed by atoms with E-state index in [1.165, 1.54) is 0 Å². The third kappa shape index (κ3) is 3.93. The number of nitrogens with zero attached hydrogens (tertiary/aromatic N) is 2. The van der Waals surface area contributed by atoms with Crippen molar-refractivity contribution in [2.24, 2.45) is 0 Å². The Balaban J connectivity index is 2.13. The number of carboxylic acid groups (broad SMARTS) is 1. The zero-order valence-electron chi connectivity index (χ0n) is 11.9. The van der Waals surface area contributed by atoms with Crippen molar-refractivity contribution in [2.75, 3.05) is 0 Å². The lowest BCUT2D eigenvalue weighted by molar-refractivity contribution is 0.0691. The average molecular weight is 402 g/mol. The number of carbonyl (C=O) groups is 1. The molecule has 1 aromatic heterocycles. The van der Waals surface area contributed by atoms with Gasteiger partial charge in [0.25, 0.3) is 5.89 Å². The fourth-order valence-electron chi connectivity index (χ4n) is 1.55. The molecule has 1 N–H and O–H groups in total. The van der Waals surface area contributed by atoms with Gasteiger partial charge in [-0.25, -0.2) is 4.79 Å². The van der Waals surface area contributed by atoms with Gasteiger partial charge in [0.1, 0.15) is 11.3 Å². The molecule has 7 heteroatoms. The summed E-state index contributed by atoms with van der Waals surface area (Å²) in [4.78, 5) is 11.2. The molecule has 0 saturated carbocycles. The molecule has 0 spiro atoms. The maximum absolute atomic E-state index is 11.2. The Morgan fingerprint density at radius 1 is 1.38 bits per heavy atom. The first-order valence-electron chi connectivity index (χ1n) is 6.26. The Hall–Kier alpha value is -1.64. The maximum Gasteiger partial charge on any atom is 0.339 e. The van der Waals surface area contributed by atoms with Gasteiger partial charge in [0.15, 0.2) is 6.61 Å². The molecular weight excluding hydrogens is 387 g/mol. The van der Waals surface area contributed by atoms with Crippen LogP contribution in [0.15, 0.2) is 22.6 Å². The molecule has 0 saturated heterocycles. The Morgan fingerprint density at radius 2 is 2.10 bits per heavy atom. The molecule has 0 aliphatic heterocycles. The van der Waals surface area contributed by atoms with Crippen LogP contribution in [0, 0.1) is 3.57 Å². The molecule has 1 heterocycles. The van der Waals surface area contributed by atoms with Crippen LogP contribution >= 0.6 is 22.6 Å². The summed E-state index contributed by atoms with van der Waals surface area (Å²) in [5.41, 5.74) is -0.127. The highest BCUT2D eigenvalue weighted by molar-refractivity contribution is 14.1. The monoisotopic (exact) mass is 402 g/mol. The normalized spacial score (nSPS) is 11.4. The van der Waals surface area contributed by atoms with Gasteiger partial charge in [-0.05, 0) is 40.8 Å². The van der Waals surface area contributed by atoms with Crippen molar-refractivity contribution < 1.29 is 19.1 Å². The van der Waals surface area contributed by atoms with Gasteiger partial charge in [0.05, 0.1) is 0 Å². The zero-order chi connectivity index (χ0) is 15.6. The summed E-state index contributed by atoms with van der Waals surface area (Å²) in [5.74, 6) is 0.0693. The second-order valence-electron chi connectivity index (χ2n) is 5.49. The number of ether oxygens (including phenoxy) is 1. The molecule has 0 atom stereocenters. The summed E-state index contributed by atoms with van der Waals surface area (Å²) in [6.45, 7) is 5.93. The SMILES string of the molecule is CC(C)(C)c1nnc(COc2ccc(I)cc2C(=O)O)o1. The van der Waals surface area contributed by atoms with Gasteiger partial charge in [-0.1, -0.05) is 20.8 Å². The van der Waals surface area contributed by atoms with Crippen molar-refractivity contribution in [2.45, 2.75) is 32.8 Å². The predicted molar refractivity (Wildman–Crippen MR) is 83.4 cm³/mol. The number of aromatic carboxylic acids is 1. The molecule has 0 fully saturated rings. The summed E-state index contributed by atoms with van der Waals surface area (Å²) < 4.78 is 11.8. The van der Waals surface area contributed by atoms with E-state index in [1.54, 1.807) is 18.2 Å². The number of benzene rings is 1. The highest BCUT2D eigenvalue weighted by atomic mass is 127. The van der Waals surface area contributed by atoms with E-state index in [1.807, 2.05) is 43.4 Å². The smallest absolute Gasteiger partial charge is 0.339 e. The predicted octanol–water partition coefficient (Wildman–Crippen LogP) is 3.25. The Morgan fingerprint density at radius 3 is 2.67 bits per heavy atom. The van der Waals surface area contributed by atoms with Crippen molar-refractivity contribution in [3.63, 3.8) is 0 Å². The lowest BCUT2D eigenvalue weighted by atomic mass is 9.97. The largest absolute Gasteiger partial charge is 0.483 e. The lowest BCUT2D eigenvalue weighted by Gasteiger charge is -2.11. The van der Waals surface area contributed by atoms with E-state index in [4.69, 9.17) is 14.3 Å². The Bertz CT molecular complexity index is 661. The average Bonchev–Trinajstić information content (AvgIpc) is 2.85. The third-order valence-corrected chi connectivity index (χ3v) is 3.30. The van der Waals surface area contributed by atoms with Gasteiger partial charge < -0.3 is 14.3 Å². The minimum absolute atomic E-state index is 0.0317. The zero-order valence-corrected chi connectivity index (χ0v) is 14.0. The standard InChI is InChI=1S/C14H15IN2O4/c1-14(2,3)13-17-16-11(21-13)7-20-10-5-4-8(15)6-9(10)12(18)19/h4-6H,7H2,1-3H3,(H,18,19). The number of hydrogen-bond donors (Lipinski definition) is 1. The molecule has 0 bridgehead atoms. The quantitative estimate of drug-likeness (QED) is 0.791. The van der Waals surface area contributed by atoms with E-state index < -0.39 is 5.97 Å². The van der Waals surface area contributed by atoms with Crippen LogP contribution in [0.4, 0.5) is 0 Å². The first-order chi connectivity index (χ1) is 9.77. The number of hydrogen-bond acceptors (Lipinski definition) is 5. The van der Waals surface area contributed by atoms with Crippen LogP contribution < -0.4 is 4.74 Å². The van der Waals surface area contributed by atoms with Gasteiger partial charge >= 0.3 is 5.97 Å². The molecule has 0 unspecified atom stereocenters. The molecule has 2 aromatic rings. The molecule has 1 aromatic carbocycles. The van der Waals surface area contributed by atoms with Crippen LogP contribution in [-0.4, -0.2) is 21.3 Å². The minimum atomic E-state index is -1.04. The summed E-state index contributed by atoms with van der Waals surface area (Å²) in [5, 5.41) is 17.0. The van der Waals surface area contributed by atoms with E-state index in [2.05, 4.69) is 10.2 Å². The summed E-state index contributed by atoms with van der Waals surface area (Å²) in [7, 11) is 0. The van der Waals surface area contributed by atoms with E-state index in [0.29, 0.717) is 11.8 Å². The van der Waals surface area contributed by atoms with Crippen molar-refractivity contribution in [1.29, 1.82) is 0 Å². The van der Waals surface area contributed by atoms with Gasteiger partial charge in [-0.3, -0.25) is 0 Å². The van der Waals surface area contributed by atoms with Gasteiger partial charge in [0, 0.05) is 8.99 Å². The highest BCUT2D eigenvalue weighted by Crippen LogP contribution is 2.24. The van der Waals surface area contributed by atoms with E-state index in [0.717, 1.165) is 3.57 Å². The Kier molecular flexibility index (Phi) is 4.50. The fourth-order valence-corrected chi connectivity index (χ4v) is 2.04. The van der Waals surface area contributed by atoms with Crippen LogP contribution in [0.5, 0.6) is 5.75 Å². The summed E-state index contributed by atoms with van der Waals surface area (Å²) >= 11 is 2.05. The molecule has 112 valence electrons. The molecular formula is C14H15IN2O4. The van der Waals surface area contributed by atoms with Gasteiger partial charge in [-0.15, -0.1) is 10.2 Å². The molecule has 0 aliphatic rings. The van der Waals surface area contributed by atoms with Crippen LogP contribution in [-0.2, 0) is 12.0 Å². The fraction of sp³-hybridized carbons (Fsp3) is 0.357. The second-order valence-corrected chi connectivity index (χ2v) is 6.73. The number of rotatable bonds is 4. The Labute approximate surface area is 135 Å². The highest BCUT2D eigenvalue weighted by Gasteiger charge is 2.21. The number of aromatic nitrogens is 2. The topological polar surface area (TPSA) is 85.5 Å². The second kappa shape index (κ2) is 6.00. The van der Waals surface area contributed by atoms with Gasteiger partial charge in [0.2, 0.25) is 5.89 Å². The number of halogens is 1. The van der Waals surface area contributed by atoms with E-state index in [-0.39, 0.29) is 23.3 Å². The maximum atomic E-state index is 11.2. The van der Waals surface area contributed by atoms with Crippen LogP contribution in [0.1, 0.15) is 42.9 Å². The lowest BCUT2D eigenvalue weighted by Crippen LogP contribution is -2.11. The molecule has 6 nitrogen and oxygen atoms in total. The first kappa shape index (κ1) is 15.7. The van der Waals surface area contributed by atoms with Crippen LogP contribution in [0.2, 0.25) is 0 Å². The molecule has 0 radical (unpaired) electrons. The molecule has 21 heavy (non-hydrogen) atoms. The minimum Gasteiger partial charge on any atom is -0.483 e. The van der Waals surface area contributed by atoms with Gasteiger partial charge in [-0.2, -0.15) is 0 Å². The number of carboxylic acids is 1. The molecule has 2 rings (SSSR count).